The highest BCUT2D eigenvalue weighted by Crippen LogP contribution is 2.47. The number of rotatable bonds is 9. The molecule has 4 heterocycles. The predicted molar refractivity (Wildman–Crippen MR) is 179 cm³/mol. The van der Waals surface area contributed by atoms with Crippen molar-refractivity contribution in [2.45, 2.75) is 165 Å². The Morgan fingerprint density at radius 1 is 1.00 bits per heavy atom. The lowest BCUT2D eigenvalue weighted by molar-refractivity contribution is -0.327. The predicted octanol–water partition coefficient (Wildman–Crippen LogP) is 3.94. The molecular formula is C37H58O13. The van der Waals surface area contributed by atoms with Crippen molar-refractivity contribution in [3.8, 4) is 0 Å². The summed E-state index contributed by atoms with van der Waals surface area (Å²) in [6.07, 6.45) is 6.61. The van der Waals surface area contributed by atoms with Gasteiger partial charge in [-0.3, -0.25) is 9.59 Å². The zero-order valence-corrected chi connectivity index (χ0v) is 30.1. The molecule has 4 rings (SSSR count). The summed E-state index contributed by atoms with van der Waals surface area (Å²) in [5.41, 5.74) is -1.04. The van der Waals surface area contributed by atoms with E-state index in [0.29, 0.717) is 19.4 Å². The molecule has 4 aliphatic heterocycles. The molecule has 4 unspecified atom stereocenters. The SMILES string of the molecule is CCCCCCCC(=O)O[C@H]1C(=CC(=O)OC)C[C@H]2CC(CO)OC(=O)C[C@H](O)CC3CCC[C@H](CC4COC(/C=C/C(C)(C)[C@]1(O)O2)O4)O3. The van der Waals surface area contributed by atoms with Crippen LogP contribution in [0.3, 0.4) is 0 Å². The van der Waals surface area contributed by atoms with Crippen molar-refractivity contribution in [2.75, 3.05) is 20.3 Å². The van der Waals surface area contributed by atoms with Crippen LogP contribution in [0.5, 0.6) is 0 Å². The number of aliphatic hydroxyl groups is 3. The minimum atomic E-state index is -2.24. The summed E-state index contributed by atoms with van der Waals surface area (Å²) in [4.78, 5) is 38.8. The number of esters is 3. The molecule has 0 amide bonds. The Balaban J connectivity index is 1.66. The van der Waals surface area contributed by atoms with E-state index in [0.717, 1.165) is 44.9 Å². The fraction of sp³-hybridized carbons (Fsp3) is 0.811. The van der Waals surface area contributed by atoms with Gasteiger partial charge in [-0.2, -0.15) is 0 Å². The largest absolute Gasteiger partial charge is 0.466 e. The molecule has 4 aliphatic rings. The van der Waals surface area contributed by atoms with E-state index in [1.807, 2.05) is 0 Å². The third kappa shape index (κ3) is 11.3. The maximum absolute atomic E-state index is 13.2. The Morgan fingerprint density at radius 2 is 1.74 bits per heavy atom. The number of unbranched alkanes of at least 4 members (excludes halogenated alkanes) is 4. The fourth-order valence-electron chi connectivity index (χ4n) is 7.18. The third-order valence-corrected chi connectivity index (χ3v) is 10.0. The van der Waals surface area contributed by atoms with Gasteiger partial charge in [-0.15, -0.1) is 0 Å². The number of methoxy groups -OCH3 is 1. The summed E-state index contributed by atoms with van der Waals surface area (Å²) in [6.45, 7) is 5.29. The average Bonchev–Trinajstić information content (AvgIpc) is 3.51. The van der Waals surface area contributed by atoms with Crippen LogP contribution in [0.4, 0.5) is 0 Å². The van der Waals surface area contributed by atoms with Crippen LogP contribution in [0.15, 0.2) is 23.8 Å². The molecule has 0 saturated carbocycles. The van der Waals surface area contributed by atoms with Gasteiger partial charge in [0, 0.05) is 37.2 Å². The van der Waals surface area contributed by atoms with Crippen molar-refractivity contribution < 1.29 is 62.9 Å². The second-order valence-corrected chi connectivity index (χ2v) is 14.6. The number of ether oxygens (including phenoxy) is 7. The lowest BCUT2D eigenvalue weighted by atomic mass is 9.74. The van der Waals surface area contributed by atoms with Crippen molar-refractivity contribution in [2.24, 2.45) is 5.41 Å². The first kappa shape index (κ1) is 40.4. The highest BCUT2D eigenvalue weighted by molar-refractivity contribution is 5.83. The first-order chi connectivity index (χ1) is 23.8. The molecule has 0 aromatic rings. The summed E-state index contributed by atoms with van der Waals surface area (Å²) in [7, 11) is 1.22. The van der Waals surface area contributed by atoms with Crippen LogP contribution < -0.4 is 0 Å². The van der Waals surface area contributed by atoms with Crippen LogP contribution in [-0.2, 0) is 47.5 Å². The number of cyclic esters (lactones) is 1. The molecule has 3 saturated heterocycles. The van der Waals surface area contributed by atoms with E-state index in [2.05, 4.69) is 6.92 Å². The van der Waals surface area contributed by atoms with Crippen molar-refractivity contribution in [1.82, 2.24) is 0 Å². The number of carbonyl (C=O) groups is 3. The smallest absolute Gasteiger partial charge is 0.330 e. The quantitative estimate of drug-likeness (QED) is 0.103. The van der Waals surface area contributed by atoms with E-state index in [-0.39, 0.29) is 56.0 Å². The van der Waals surface area contributed by atoms with Crippen molar-refractivity contribution in [3.05, 3.63) is 23.8 Å². The second-order valence-electron chi connectivity index (χ2n) is 14.6. The normalized spacial score (nSPS) is 36.6. The number of hydrogen-bond donors (Lipinski definition) is 3. The van der Waals surface area contributed by atoms with Crippen LogP contribution in [0.25, 0.3) is 0 Å². The van der Waals surface area contributed by atoms with Crippen molar-refractivity contribution in [3.63, 3.8) is 0 Å². The van der Waals surface area contributed by atoms with E-state index >= 15 is 0 Å². The molecule has 3 fully saturated rings. The molecule has 284 valence electrons. The van der Waals surface area contributed by atoms with E-state index in [1.165, 1.54) is 13.2 Å². The van der Waals surface area contributed by atoms with Gasteiger partial charge in [0.15, 0.2) is 12.4 Å². The topological polar surface area (TPSA) is 177 Å². The highest BCUT2D eigenvalue weighted by atomic mass is 16.7. The first-order valence-corrected chi connectivity index (χ1v) is 18.3. The molecule has 0 radical (unpaired) electrons. The summed E-state index contributed by atoms with van der Waals surface area (Å²) in [6, 6.07) is 0. The fourth-order valence-corrected chi connectivity index (χ4v) is 7.18. The van der Waals surface area contributed by atoms with Gasteiger partial charge in [0.25, 0.3) is 0 Å². The molecule has 0 spiro atoms. The Bertz CT molecular complexity index is 1180. The molecule has 9 atom stereocenters. The van der Waals surface area contributed by atoms with E-state index in [1.54, 1.807) is 26.0 Å². The standard InChI is InChI=1S/C37H58O13/c1-5-6-7-8-9-13-31(40)49-35-24(17-32(41)44-4)16-28-21-29(22-38)47-33(42)19-25(39)18-26-11-10-12-27(46-26)20-30-23-45-34(48-30)14-15-36(2,3)37(35,43)50-28/h14-15,17,25-30,34-35,38-39,43H,5-13,16,18-23H2,1-4H3/b15-14+,24-17?/t25-,26?,27-,28+,29?,30?,34?,35+,37-/m1/s1. The second kappa shape index (κ2) is 18.9. The number of aliphatic hydroxyl groups excluding tert-OH is 2. The van der Waals surface area contributed by atoms with Gasteiger partial charge in [-0.1, -0.05) is 52.5 Å². The maximum atomic E-state index is 13.2. The van der Waals surface area contributed by atoms with E-state index < -0.39 is 66.4 Å². The number of hydrogen-bond acceptors (Lipinski definition) is 13. The van der Waals surface area contributed by atoms with Crippen molar-refractivity contribution >= 4 is 17.9 Å². The first-order valence-electron chi connectivity index (χ1n) is 18.3. The zero-order chi connectivity index (χ0) is 36.3. The molecular weight excluding hydrogens is 652 g/mol. The Kier molecular flexibility index (Phi) is 15.3. The summed E-state index contributed by atoms with van der Waals surface area (Å²) >= 11 is 0. The van der Waals surface area contributed by atoms with Gasteiger partial charge in [0.1, 0.15) is 6.10 Å². The molecule has 3 N–H and O–H groups in total. The van der Waals surface area contributed by atoms with Crippen molar-refractivity contribution in [1.29, 1.82) is 0 Å². The lowest BCUT2D eigenvalue weighted by Gasteiger charge is -2.51. The molecule has 0 aromatic heterocycles. The summed E-state index contributed by atoms with van der Waals surface area (Å²) in [5, 5.41) is 33.5. The van der Waals surface area contributed by atoms with Gasteiger partial charge in [0.2, 0.25) is 5.79 Å². The van der Waals surface area contributed by atoms with Gasteiger partial charge >= 0.3 is 17.9 Å². The molecule has 0 aliphatic carbocycles. The lowest BCUT2D eigenvalue weighted by Crippen LogP contribution is -2.62. The Labute approximate surface area is 295 Å². The summed E-state index contributed by atoms with van der Waals surface area (Å²) < 4.78 is 41.2. The van der Waals surface area contributed by atoms with Gasteiger partial charge in [0.05, 0.1) is 57.3 Å². The number of fused-ring (bicyclic) bond motifs is 6. The van der Waals surface area contributed by atoms with Gasteiger partial charge < -0.3 is 48.5 Å². The maximum Gasteiger partial charge on any atom is 0.330 e. The van der Waals surface area contributed by atoms with Crippen LogP contribution in [0.2, 0.25) is 0 Å². The van der Waals surface area contributed by atoms with E-state index in [9.17, 15) is 29.7 Å². The molecule has 13 heteroatoms. The van der Waals surface area contributed by atoms with Gasteiger partial charge in [-0.05, 0) is 43.8 Å². The Morgan fingerprint density at radius 3 is 2.46 bits per heavy atom. The minimum absolute atomic E-state index is 0.000953. The molecule has 13 nitrogen and oxygen atoms in total. The third-order valence-electron chi connectivity index (χ3n) is 10.0. The zero-order valence-electron chi connectivity index (χ0n) is 30.1. The highest BCUT2D eigenvalue weighted by Gasteiger charge is 2.57. The van der Waals surface area contributed by atoms with Crippen LogP contribution in [0.1, 0.15) is 111 Å². The van der Waals surface area contributed by atoms with E-state index in [4.69, 9.17) is 33.2 Å². The van der Waals surface area contributed by atoms with Crippen LogP contribution in [-0.4, -0.2) is 108 Å². The monoisotopic (exact) mass is 710 g/mol. The molecule has 50 heavy (non-hydrogen) atoms. The van der Waals surface area contributed by atoms with Gasteiger partial charge in [-0.25, -0.2) is 4.79 Å². The molecule has 0 aromatic carbocycles. The Hall–Kier alpha value is -2.39. The minimum Gasteiger partial charge on any atom is -0.466 e. The van der Waals surface area contributed by atoms with Crippen LogP contribution in [0, 0.1) is 5.41 Å². The summed E-state index contributed by atoms with van der Waals surface area (Å²) in [5.74, 6) is -4.22. The molecule has 6 bridgehead atoms. The number of carbonyl (C=O) groups excluding carboxylic acids is 3. The van der Waals surface area contributed by atoms with Crippen LogP contribution >= 0.6 is 0 Å². The average molecular weight is 711 g/mol.